The van der Waals surface area contributed by atoms with Crippen LogP contribution < -0.4 is 16.2 Å². The molecule has 0 aliphatic heterocycles. The SMILES string of the molecule is CC(C)CCNN[C@H]1CC[C@H](C(=O)Nc2ccncc2)CC1.Cl.Cl. The third-order valence-corrected chi connectivity index (χ3v) is 4.20. The molecule has 0 spiro atoms. The minimum absolute atomic E-state index is 0. The fraction of sp³-hybridized carbons (Fsp3) is 0.647. The Balaban J connectivity index is 0.00000264. The summed E-state index contributed by atoms with van der Waals surface area (Å²) in [4.78, 5) is 16.2. The van der Waals surface area contributed by atoms with Crippen LogP contribution in [0.4, 0.5) is 5.69 Å². The predicted octanol–water partition coefficient (Wildman–Crippen LogP) is 3.56. The maximum atomic E-state index is 12.2. The van der Waals surface area contributed by atoms with Gasteiger partial charge in [-0.1, -0.05) is 13.8 Å². The molecule has 0 bridgehead atoms. The van der Waals surface area contributed by atoms with E-state index in [0.717, 1.165) is 43.8 Å². The Hall–Kier alpha value is -0.880. The molecule has 1 heterocycles. The first kappa shape index (κ1) is 23.1. The van der Waals surface area contributed by atoms with Crippen LogP contribution in [0.5, 0.6) is 0 Å². The van der Waals surface area contributed by atoms with E-state index in [9.17, 15) is 4.79 Å². The van der Waals surface area contributed by atoms with Crippen LogP contribution in [0.25, 0.3) is 0 Å². The Kier molecular flexibility index (Phi) is 12.0. The Bertz CT molecular complexity index is 451. The summed E-state index contributed by atoms with van der Waals surface area (Å²) in [5, 5.41) is 2.98. The molecule has 138 valence electrons. The Morgan fingerprint density at radius 2 is 1.79 bits per heavy atom. The summed E-state index contributed by atoms with van der Waals surface area (Å²) < 4.78 is 0. The van der Waals surface area contributed by atoms with Gasteiger partial charge in [-0.15, -0.1) is 24.8 Å². The molecule has 0 unspecified atom stereocenters. The molecule has 0 aromatic carbocycles. The fourth-order valence-electron chi connectivity index (χ4n) is 2.76. The number of nitrogens with one attached hydrogen (secondary N) is 3. The molecule has 1 fully saturated rings. The van der Waals surface area contributed by atoms with Gasteiger partial charge in [0.05, 0.1) is 0 Å². The smallest absolute Gasteiger partial charge is 0.227 e. The molecule has 1 saturated carbocycles. The van der Waals surface area contributed by atoms with Gasteiger partial charge in [-0.25, -0.2) is 0 Å². The first-order valence-corrected chi connectivity index (χ1v) is 8.34. The van der Waals surface area contributed by atoms with Gasteiger partial charge >= 0.3 is 0 Å². The second-order valence-corrected chi connectivity index (χ2v) is 6.53. The van der Waals surface area contributed by atoms with Gasteiger partial charge in [0.1, 0.15) is 0 Å². The van der Waals surface area contributed by atoms with E-state index in [1.165, 1.54) is 6.42 Å². The third kappa shape index (κ3) is 8.29. The summed E-state index contributed by atoms with van der Waals surface area (Å²) in [6.45, 7) is 5.46. The van der Waals surface area contributed by atoms with E-state index in [4.69, 9.17) is 0 Å². The first-order chi connectivity index (χ1) is 10.6. The Morgan fingerprint density at radius 1 is 1.17 bits per heavy atom. The van der Waals surface area contributed by atoms with Gasteiger partial charge in [-0.3, -0.25) is 20.6 Å². The number of nitrogens with zero attached hydrogens (tertiary/aromatic N) is 1. The molecule has 2 rings (SSSR count). The minimum Gasteiger partial charge on any atom is -0.326 e. The van der Waals surface area contributed by atoms with E-state index in [1.54, 1.807) is 12.4 Å². The van der Waals surface area contributed by atoms with Crippen molar-refractivity contribution in [2.45, 2.75) is 52.0 Å². The lowest BCUT2D eigenvalue weighted by Gasteiger charge is -2.28. The van der Waals surface area contributed by atoms with Crippen LogP contribution in [0.15, 0.2) is 24.5 Å². The molecule has 1 aromatic heterocycles. The number of hydrazine groups is 1. The van der Waals surface area contributed by atoms with E-state index in [0.29, 0.717) is 6.04 Å². The van der Waals surface area contributed by atoms with E-state index in [-0.39, 0.29) is 36.6 Å². The molecule has 7 heteroatoms. The molecule has 0 radical (unpaired) electrons. The third-order valence-electron chi connectivity index (χ3n) is 4.20. The van der Waals surface area contributed by atoms with Gasteiger partial charge in [0.15, 0.2) is 0 Å². The highest BCUT2D eigenvalue weighted by Gasteiger charge is 2.26. The Morgan fingerprint density at radius 3 is 2.38 bits per heavy atom. The van der Waals surface area contributed by atoms with Gasteiger partial charge in [-0.05, 0) is 50.2 Å². The van der Waals surface area contributed by atoms with E-state index in [1.807, 2.05) is 12.1 Å². The van der Waals surface area contributed by atoms with Crippen molar-refractivity contribution in [1.29, 1.82) is 0 Å². The summed E-state index contributed by atoms with van der Waals surface area (Å²) >= 11 is 0. The average Bonchev–Trinajstić information content (AvgIpc) is 2.53. The lowest BCUT2D eigenvalue weighted by molar-refractivity contribution is -0.120. The largest absolute Gasteiger partial charge is 0.326 e. The number of carbonyl (C=O) groups excluding carboxylic acids is 1. The summed E-state index contributed by atoms with van der Waals surface area (Å²) in [6, 6.07) is 4.13. The number of aromatic nitrogens is 1. The van der Waals surface area contributed by atoms with Crippen LogP contribution in [0.1, 0.15) is 46.0 Å². The lowest BCUT2D eigenvalue weighted by atomic mass is 9.85. The number of halogens is 2. The molecule has 3 N–H and O–H groups in total. The quantitative estimate of drug-likeness (QED) is 0.502. The van der Waals surface area contributed by atoms with Gasteiger partial charge in [-0.2, -0.15) is 0 Å². The number of pyridine rings is 1. The van der Waals surface area contributed by atoms with Crippen molar-refractivity contribution in [2.24, 2.45) is 11.8 Å². The second kappa shape index (κ2) is 12.5. The van der Waals surface area contributed by atoms with E-state index < -0.39 is 0 Å². The van der Waals surface area contributed by atoms with Gasteiger partial charge in [0, 0.05) is 36.6 Å². The molecular formula is C17H30Cl2N4O. The minimum atomic E-state index is 0. The highest BCUT2D eigenvalue weighted by molar-refractivity contribution is 5.92. The second-order valence-electron chi connectivity index (χ2n) is 6.53. The average molecular weight is 377 g/mol. The highest BCUT2D eigenvalue weighted by Crippen LogP contribution is 2.25. The van der Waals surface area contributed by atoms with Crippen LogP contribution >= 0.6 is 24.8 Å². The predicted molar refractivity (Wildman–Crippen MR) is 104 cm³/mol. The van der Waals surface area contributed by atoms with Crippen molar-refractivity contribution in [1.82, 2.24) is 15.8 Å². The van der Waals surface area contributed by atoms with Crippen LogP contribution in [-0.4, -0.2) is 23.5 Å². The summed E-state index contributed by atoms with van der Waals surface area (Å²) in [6.07, 6.45) is 8.54. The summed E-state index contributed by atoms with van der Waals surface area (Å²) in [5.74, 6) is 0.987. The molecular weight excluding hydrogens is 347 g/mol. The van der Waals surface area contributed by atoms with Crippen molar-refractivity contribution in [3.63, 3.8) is 0 Å². The zero-order valence-electron chi connectivity index (χ0n) is 14.5. The molecule has 1 aromatic rings. The normalized spacial score (nSPS) is 20.0. The number of amides is 1. The number of hydrogen-bond acceptors (Lipinski definition) is 4. The molecule has 24 heavy (non-hydrogen) atoms. The number of rotatable bonds is 7. The van der Waals surface area contributed by atoms with Crippen LogP contribution in [0.2, 0.25) is 0 Å². The molecule has 0 saturated heterocycles. The fourth-order valence-corrected chi connectivity index (χ4v) is 2.76. The summed E-state index contributed by atoms with van der Waals surface area (Å²) in [7, 11) is 0. The van der Waals surface area contributed by atoms with Crippen molar-refractivity contribution in [3.05, 3.63) is 24.5 Å². The van der Waals surface area contributed by atoms with Gasteiger partial charge in [0.25, 0.3) is 0 Å². The van der Waals surface area contributed by atoms with E-state index in [2.05, 4.69) is 35.0 Å². The summed E-state index contributed by atoms with van der Waals surface area (Å²) in [5.41, 5.74) is 7.54. The standard InChI is InChI=1S/C17H28N4O.2ClH/c1-13(2)7-12-19-21-16-5-3-14(4-6-16)17(22)20-15-8-10-18-11-9-15;;/h8-11,13-14,16,19,21H,3-7,12H2,1-2H3,(H,18,20,22);2*1H/t14-,16-;;. The van der Waals surface area contributed by atoms with Gasteiger partial charge < -0.3 is 5.32 Å². The first-order valence-electron chi connectivity index (χ1n) is 8.34. The zero-order valence-corrected chi connectivity index (χ0v) is 16.1. The lowest BCUT2D eigenvalue weighted by Crippen LogP contribution is -2.44. The van der Waals surface area contributed by atoms with E-state index >= 15 is 0 Å². The molecule has 5 nitrogen and oxygen atoms in total. The van der Waals surface area contributed by atoms with Crippen molar-refractivity contribution >= 4 is 36.4 Å². The molecule has 1 amide bonds. The Labute approximate surface area is 157 Å². The highest BCUT2D eigenvalue weighted by atomic mass is 35.5. The number of carbonyl (C=O) groups is 1. The molecule has 1 aliphatic rings. The zero-order chi connectivity index (χ0) is 15.8. The maximum absolute atomic E-state index is 12.2. The number of hydrogen-bond donors (Lipinski definition) is 3. The molecule has 1 aliphatic carbocycles. The van der Waals surface area contributed by atoms with Crippen molar-refractivity contribution < 1.29 is 4.79 Å². The number of anilines is 1. The van der Waals surface area contributed by atoms with Crippen molar-refractivity contribution in [3.8, 4) is 0 Å². The van der Waals surface area contributed by atoms with Crippen LogP contribution in [0.3, 0.4) is 0 Å². The topological polar surface area (TPSA) is 66.0 Å². The maximum Gasteiger partial charge on any atom is 0.227 e. The van der Waals surface area contributed by atoms with Gasteiger partial charge in [0.2, 0.25) is 5.91 Å². The van der Waals surface area contributed by atoms with Crippen LogP contribution in [0, 0.1) is 11.8 Å². The van der Waals surface area contributed by atoms with Crippen LogP contribution in [-0.2, 0) is 4.79 Å². The molecule has 0 atom stereocenters. The van der Waals surface area contributed by atoms with Crippen molar-refractivity contribution in [2.75, 3.05) is 11.9 Å². The monoisotopic (exact) mass is 376 g/mol.